The summed E-state index contributed by atoms with van der Waals surface area (Å²) in [5.41, 5.74) is 2.27. The smallest absolute Gasteiger partial charge is 0.156 e. The van der Waals surface area contributed by atoms with E-state index < -0.39 is 0 Å². The van der Waals surface area contributed by atoms with Gasteiger partial charge >= 0.3 is 0 Å². The summed E-state index contributed by atoms with van der Waals surface area (Å²) >= 11 is 0. The molecule has 96 valence electrons. The third kappa shape index (κ3) is 4.22. The molecule has 0 aliphatic rings. The summed E-state index contributed by atoms with van der Waals surface area (Å²) in [4.78, 5) is 11.9. The summed E-state index contributed by atoms with van der Waals surface area (Å²) in [6.45, 7) is 2.09. The molecule has 0 aliphatic heterocycles. The minimum Gasteiger partial charge on any atom is -0.295 e. The van der Waals surface area contributed by atoms with Crippen molar-refractivity contribution in [2.45, 2.75) is 19.3 Å². The van der Waals surface area contributed by atoms with Gasteiger partial charge < -0.3 is 0 Å². The van der Waals surface area contributed by atoms with Crippen molar-refractivity contribution < 1.29 is 4.79 Å². The fourth-order valence-corrected chi connectivity index (χ4v) is 2.02. The Morgan fingerprint density at radius 2 is 1.58 bits per heavy atom. The zero-order chi connectivity index (χ0) is 13.5. The molecule has 2 aromatic rings. The van der Waals surface area contributed by atoms with Gasteiger partial charge in [-0.25, -0.2) is 0 Å². The van der Waals surface area contributed by atoms with Crippen LogP contribution < -0.4 is 0 Å². The molecule has 0 saturated carbocycles. The van der Waals surface area contributed by atoms with Gasteiger partial charge in [0, 0.05) is 6.42 Å². The molecule has 19 heavy (non-hydrogen) atoms. The number of allylic oxidation sites excluding steroid dienone is 1. The van der Waals surface area contributed by atoms with Gasteiger partial charge in [0.25, 0.3) is 0 Å². The molecule has 2 aromatic carbocycles. The molecule has 0 bridgehead atoms. The van der Waals surface area contributed by atoms with Crippen molar-refractivity contribution in [1.82, 2.24) is 0 Å². The molecule has 2 rings (SSSR count). The maximum absolute atomic E-state index is 11.9. The Balaban J connectivity index is 1.93. The largest absolute Gasteiger partial charge is 0.295 e. The van der Waals surface area contributed by atoms with Crippen molar-refractivity contribution in [3.8, 4) is 0 Å². The summed E-state index contributed by atoms with van der Waals surface area (Å²) in [5.74, 6) is 0.425. The first kappa shape index (κ1) is 13.3. The van der Waals surface area contributed by atoms with Crippen LogP contribution in [0.3, 0.4) is 0 Å². The highest BCUT2D eigenvalue weighted by Crippen LogP contribution is 2.19. The van der Waals surface area contributed by atoms with E-state index in [4.69, 9.17) is 0 Å². The lowest BCUT2D eigenvalue weighted by molar-refractivity contribution is -0.114. The Labute approximate surface area is 114 Å². The van der Waals surface area contributed by atoms with Crippen LogP contribution in [-0.4, -0.2) is 5.78 Å². The molecule has 1 unspecified atom stereocenters. The van der Waals surface area contributed by atoms with Crippen LogP contribution in [0.15, 0.2) is 66.7 Å². The van der Waals surface area contributed by atoms with E-state index in [2.05, 4.69) is 19.1 Å². The van der Waals surface area contributed by atoms with Gasteiger partial charge in [-0.15, -0.1) is 0 Å². The van der Waals surface area contributed by atoms with Crippen molar-refractivity contribution in [1.29, 1.82) is 0 Å². The maximum atomic E-state index is 11.9. The summed E-state index contributed by atoms with van der Waals surface area (Å²) in [6.07, 6.45) is 4.10. The fourth-order valence-electron chi connectivity index (χ4n) is 2.02. The standard InChI is InChI=1S/C18H18O/c1-15(17-10-6-3-7-11-17)14-18(19)13-12-16-8-4-2-5-9-16/h2-13,15H,14H2,1H3/b13-12+. The topological polar surface area (TPSA) is 17.1 Å². The van der Waals surface area contributed by atoms with Gasteiger partial charge in [-0.05, 0) is 23.1 Å². The molecule has 1 atom stereocenters. The summed E-state index contributed by atoms with van der Waals surface area (Å²) in [5, 5.41) is 0. The second-order valence-corrected chi connectivity index (χ2v) is 4.73. The lowest BCUT2D eigenvalue weighted by atomic mass is 9.95. The minimum absolute atomic E-state index is 0.167. The molecular weight excluding hydrogens is 232 g/mol. The number of rotatable bonds is 5. The molecule has 0 heterocycles. The van der Waals surface area contributed by atoms with Crippen molar-refractivity contribution in [2.24, 2.45) is 0 Å². The van der Waals surface area contributed by atoms with Gasteiger partial charge in [0.2, 0.25) is 0 Å². The van der Waals surface area contributed by atoms with Gasteiger partial charge in [-0.2, -0.15) is 0 Å². The van der Waals surface area contributed by atoms with Crippen LogP contribution in [0.1, 0.15) is 30.4 Å². The average molecular weight is 250 g/mol. The van der Waals surface area contributed by atoms with Crippen LogP contribution in [0.5, 0.6) is 0 Å². The highest BCUT2D eigenvalue weighted by atomic mass is 16.1. The molecule has 0 saturated heterocycles. The van der Waals surface area contributed by atoms with Crippen LogP contribution in [0.4, 0.5) is 0 Å². The Morgan fingerprint density at radius 3 is 2.21 bits per heavy atom. The number of benzene rings is 2. The maximum Gasteiger partial charge on any atom is 0.156 e. The van der Waals surface area contributed by atoms with Crippen LogP contribution >= 0.6 is 0 Å². The SMILES string of the molecule is CC(CC(=O)/C=C/c1ccccc1)c1ccccc1. The summed E-state index contributed by atoms with van der Waals surface area (Å²) in [7, 11) is 0. The molecular formula is C18H18O. The monoisotopic (exact) mass is 250 g/mol. The second kappa shape index (κ2) is 6.69. The molecule has 0 fully saturated rings. The second-order valence-electron chi connectivity index (χ2n) is 4.73. The van der Waals surface area contributed by atoms with Crippen LogP contribution in [0.25, 0.3) is 6.08 Å². The Kier molecular flexibility index (Phi) is 4.68. The third-order valence-electron chi connectivity index (χ3n) is 3.14. The van der Waals surface area contributed by atoms with Crippen LogP contribution in [0, 0.1) is 0 Å². The lowest BCUT2D eigenvalue weighted by Gasteiger charge is -2.09. The molecule has 0 spiro atoms. The molecule has 1 nitrogen and oxygen atoms in total. The van der Waals surface area contributed by atoms with E-state index in [0.29, 0.717) is 6.42 Å². The van der Waals surface area contributed by atoms with E-state index in [-0.39, 0.29) is 11.7 Å². The molecule has 0 amide bonds. The normalized spacial score (nSPS) is 12.5. The van der Waals surface area contributed by atoms with Crippen LogP contribution in [0.2, 0.25) is 0 Å². The van der Waals surface area contributed by atoms with Crippen molar-refractivity contribution in [3.63, 3.8) is 0 Å². The van der Waals surface area contributed by atoms with Gasteiger partial charge in [-0.3, -0.25) is 4.79 Å². The van der Waals surface area contributed by atoms with E-state index >= 15 is 0 Å². The van der Waals surface area contributed by atoms with E-state index in [1.54, 1.807) is 6.08 Å². The van der Waals surface area contributed by atoms with Gasteiger partial charge in [0.05, 0.1) is 0 Å². The van der Waals surface area contributed by atoms with Crippen LogP contribution in [-0.2, 0) is 4.79 Å². The quantitative estimate of drug-likeness (QED) is 0.716. The Hall–Kier alpha value is -2.15. The first-order valence-corrected chi connectivity index (χ1v) is 6.56. The number of hydrogen-bond donors (Lipinski definition) is 0. The average Bonchev–Trinajstić information content (AvgIpc) is 2.47. The Bertz CT molecular complexity index is 540. The predicted octanol–water partition coefficient (Wildman–Crippen LogP) is 4.46. The van der Waals surface area contributed by atoms with Gasteiger partial charge in [0.15, 0.2) is 5.78 Å². The molecule has 0 N–H and O–H groups in total. The van der Waals surface area contributed by atoms with E-state index in [0.717, 1.165) is 5.56 Å². The summed E-state index contributed by atoms with van der Waals surface area (Å²) < 4.78 is 0. The first-order chi connectivity index (χ1) is 9.25. The third-order valence-corrected chi connectivity index (χ3v) is 3.14. The minimum atomic E-state index is 0.167. The zero-order valence-corrected chi connectivity index (χ0v) is 11.1. The van der Waals surface area contributed by atoms with Crippen molar-refractivity contribution in [2.75, 3.05) is 0 Å². The molecule has 0 aromatic heterocycles. The predicted molar refractivity (Wildman–Crippen MR) is 80.0 cm³/mol. The van der Waals surface area contributed by atoms with E-state index in [1.807, 2.05) is 54.6 Å². The van der Waals surface area contributed by atoms with Crippen molar-refractivity contribution in [3.05, 3.63) is 77.9 Å². The number of carbonyl (C=O) groups is 1. The highest BCUT2D eigenvalue weighted by molar-refractivity contribution is 5.94. The van der Waals surface area contributed by atoms with E-state index in [1.165, 1.54) is 5.56 Å². The zero-order valence-electron chi connectivity index (χ0n) is 11.1. The number of hydrogen-bond acceptors (Lipinski definition) is 1. The Morgan fingerprint density at radius 1 is 1.00 bits per heavy atom. The van der Waals surface area contributed by atoms with Gasteiger partial charge in [-0.1, -0.05) is 73.7 Å². The molecule has 0 aliphatic carbocycles. The lowest BCUT2D eigenvalue weighted by Crippen LogP contribution is -2.01. The van der Waals surface area contributed by atoms with E-state index in [9.17, 15) is 4.79 Å². The molecule has 1 heteroatoms. The number of carbonyl (C=O) groups excluding carboxylic acids is 1. The molecule has 0 radical (unpaired) electrons. The summed E-state index contributed by atoms with van der Waals surface area (Å²) in [6, 6.07) is 20.0. The number of ketones is 1. The first-order valence-electron chi connectivity index (χ1n) is 6.56. The fraction of sp³-hybridized carbons (Fsp3) is 0.167. The highest BCUT2D eigenvalue weighted by Gasteiger charge is 2.08. The van der Waals surface area contributed by atoms with Gasteiger partial charge in [0.1, 0.15) is 0 Å². The van der Waals surface area contributed by atoms with Crippen molar-refractivity contribution >= 4 is 11.9 Å².